The molecule has 0 amide bonds. The highest BCUT2D eigenvalue weighted by Crippen LogP contribution is 2.20. The molecular weight excluding hydrogens is 288 g/mol. The molecule has 0 aliphatic carbocycles. The molecule has 0 aromatic carbocycles. The van der Waals surface area contributed by atoms with Crippen molar-refractivity contribution in [1.29, 1.82) is 0 Å². The molecule has 5 nitrogen and oxygen atoms in total. The molecule has 2 heterocycles. The summed E-state index contributed by atoms with van der Waals surface area (Å²) in [5.74, 6) is 0. The smallest absolute Gasteiger partial charge is 0.266 e. The van der Waals surface area contributed by atoms with Gasteiger partial charge in [0.25, 0.3) is 5.56 Å². The zero-order valence-corrected chi connectivity index (χ0v) is 12.1. The Kier molecular flexibility index (Phi) is 4.65. The standard InChI is InChI=1S/C12H17ClN2O3S/c13-11-8-10(9-14-12(11)16)19(17,18)15-6-4-2-1-3-5-7-15/h8-9H,1-7H2,(H,14,16). The second-order valence-electron chi connectivity index (χ2n) is 4.68. The van der Waals surface area contributed by atoms with E-state index in [1.54, 1.807) is 0 Å². The average Bonchev–Trinajstić information content (AvgIpc) is 2.31. The summed E-state index contributed by atoms with van der Waals surface area (Å²) in [6.07, 6.45) is 6.23. The minimum atomic E-state index is -3.56. The van der Waals surface area contributed by atoms with Gasteiger partial charge in [0.1, 0.15) is 5.02 Å². The summed E-state index contributed by atoms with van der Waals surface area (Å²) in [5, 5.41) is -0.104. The number of halogens is 1. The van der Waals surface area contributed by atoms with Crippen molar-refractivity contribution in [2.75, 3.05) is 13.1 Å². The summed E-state index contributed by atoms with van der Waals surface area (Å²) in [6.45, 7) is 1.05. The van der Waals surface area contributed by atoms with E-state index in [2.05, 4.69) is 4.98 Å². The highest BCUT2D eigenvalue weighted by Gasteiger charge is 2.25. The number of aromatic amines is 1. The van der Waals surface area contributed by atoms with Crippen LogP contribution >= 0.6 is 11.6 Å². The summed E-state index contributed by atoms with van der Waals surface area (Å²) >= 11 is 5.69. The van der Waals surface area contributed by atoms with Gasteiger partial charge in [0.05, 0.1) is 4.90 Å². The number of hydrogen-bond acceptors (Lipinski definition) is 3. The largest absolute Gasteiger partial charge is 0.326 e. The van der Waals surface area contributed by atoms with E-state index in [0.29, 0.717) is 13.1 Å². The number of sulfonamides is 1. The second kappa shape index (κ2) is 6.07. The molecule has 1 saturated heterocycles. The summed E-state index contributed by atoms with van der Waals surface area (Å²) < 4.78 is 26.4. The van der Waals surface area contributed by atoms with Gasteiger partial charge in [-0.15, -0.1) is 0 Å². The van der Waals surface area contributed by atoms with Crippen molar-refractivity contribution in [3.05, 3.63) is 27.6 Å². The number of aromatic nitrogens is 1. The van der Waals surface area contributed by atoms with Crippen LogP contribution < -0.4 is 5.56 Å². The van der Waals surface area contributed by atoms with Crippen molar-refractivity contribution in [3.63, 3.8) is 0 Å². The molecule has 0 atom stereocenters. The predicted molar refractivity (Wildman–Crippen MR) is 73.9 cm³/mol. The van der Waals surface area contributed by atoms with E-state index in [1.807, 2.05) is 0 Å². The molecule has 1 aromatic heterocycles. The molecule has 19 heavy (non-hydrogen) atoms. The fourth-order valence-corrected chi connectivity index (χ4v) is 3.94. The van der Waals surface area contributed by atoms with E-state index in [1.165, 1.54) is 23.0 Å². The number of hydrogen-bond donors (Lipinski definition) is 1. The van der Waals surface area contributed by atoms with E-state index < -0.39 is 15.6 Å². The molecule has 106 valence electrons. The van der Waals surface area contributed by atoms with Crippen LogP contribution in [0.25, 0.3) is 0 Å². The lowest BCUT2D eigenvalue weighted by molar-refractivity contribution is 0.364. The number of nitrogens with zero attached hydrogens (tertiary/aromatic N) is 1. The molecule has 1 aromatic rings. The Morgan fingerprint density at radius 1 is 1.11 bits per heavy atom. The molecule has 0 radical (unpaired) electrons. The van der Waals surface area contributed by atoms with Gasteiger partial charge in [-0.1, -0.05) is 30.9 Å². The van der Waals surface area contributed by atoms with Gasteiger partial charge in [0.2, 0.25) is 10.0 Å². The van der Waals surface area contributed by atoms with E-state index in [9.17, 15) is 13.2 Å². The van der Waals surface area contributed by atoms with Crippen molar-refractivity contribution >= 4 is 21.6 Å². The van der Waals surface area contributed by atoms with Crippen LogP contribution in [0.2, 0.25) is 5.02 Å². The van der Waals surface area contributed by atoms with E-state index in [-0.39, 0.29) is 9.92 Å². The molecule has 0 unspecified atom stereocenters. The maximum atomic E-state index is 12.5. The summed E-state index contributed by atoms with van der Waals surface area (Å²) in [6, 6.07) is 1.22. The van der Waals surface area contributed by atoms with Crippen LogP contribution in [0.15, 0.2) is 22.0 Å². The topological polar surface area (TPSA) is 70.2 Å². The molecule has 1 aliphatic heterocycles. The SMILES string of the molecule is O=c1[nH]cc(S(=O)(=O)N2CCCCCCC2)cc1Cl. The van der Waals surface area contributed by atoms with Gasteiger partial charge < -0.3 is 4.98 Å². The van der Waals surface area contributed by atoms with Crippen molar-refractivity contribution in [2.24, 2.45) is 0 Å². The zero-order valence-electron chi connectivity index (χ0n) is 10.6. The summed E-state index contributed by atoms with van der Waals surface area (Å²) in [5.41, 5.74) is -0.478. The summed E-state index contributed by atoms with van der Waals surface area (Å²) in [7, 11) is -3.56. The quantitative estimate of drug-likeness (QED) is 0.908. The monoisotopic (exact) mass is 304 g/mol. The summed E-state index contributed by atoms with van der Waals surface area (Å²) in [4.78, 5) is 13.6. The molecule has 0 bridgehead atoms. The van der Waals surface area contributed by atoms with Gasteiger partial charge >= 0.3 is 0 Å². The number of pyridine rings is 1. The average molecular weight is 305 g/mol. The maximum absolute atomic E-state index is 12.5. The third-order valence-electron chi connectivity index (χ3n) is 3.28. The number of nitrogens with one attached hydrogen (secondary N) is 1. The Labute approximate surface area is 117 Å². The van der Waals surface area contributed by atoms with Crippen LogP contribution in [0.3, 0.4) is 0 Å². The Balaban J connectivity index is 2.29. The first-order valence-electron chi connectivity index (χ1n) is 6.40. The first-order chi connectivity index (χ1) is 9.01. The lowest BCUT2D eigenvalue weighted by Gasteiger charge is -2.24. The Morgan fingerprint density at radius 2 is 1.68 bits per heavy atom. The normalized spacial score (nSPS) is 18.8. The fourth-order valence-electron chi connectivity index (χ4n) is 2.19. The van der Waals surface area contributed by atoms with Crippen molar-refractivity contribution < 1.29 is 8.42 Å². The third kappa shape index (κ3) is 3.38. The Morgan fingerprint density at radius 3 is 2.26 bits per heavy atom. The van der Waals surface area contributed by atoms with Crippen molar-refractivity contribution in [1.82, 2.24) is 9.29 Å². The highest BCUT2D eigenvalue weighted by atomic mass is 35.5. The van der Waals surface area contributed by atoms with E-state index >= 15 is 0 Å². The number of H-pyrrole nitrogens is 1. The first kappa shape index (κ1) is 14.6. The molecule has 0 spiro atoms. The predicted octanol–water partition coefficient (Wildman–Crippen LogP) is 1.98. The van der Waals surface area contributed by atoms with Crippen LogP contribution in [0.5, 0.6) is 0 Å². The van der Waals surface area contributed by atoms with Crippen LogP contribution in [-0.2, 0) is 10.0 Å². The van der Waals surface area contributed by atoms with Crippen molar-refractivity contribution in [2.45, 2.75) is 37.0 Å². The van der Waals surface area contributed by atoms with Crippen LogP contribution in [0.1, 0.15) is 32.1 Å². The molecule has 1 N–H and O–H groups in total. The lowest BCUT2D eigenvalue weighted by Crippen LogP contribution is -2.34. The molecule has 1 aliphatic rings. The van der Waals surface area contributed by atoms with Crippen LogP contribution in [0, 0.1) is 0 Å². The second-order valence-corrected chi connectivity index (χ2v) is 7.03. The zero-order chi connectivity index (χ0) is 13.9. The van der Waals surface area contributed by atoms with E-state index in [4.69, 9.17) is 11.6 Å². The fraction of sp³-hybridized carbons (Fsp3) is 0.583. The molecule has 7 heteroatoms. The molecule has 2 rings (SSSR count). The third-order valence-corrected chi connectivity index (χ3v) is 5.44. The lowest BCUT2D eigenvalue weighted by atomic mass is 10.1. The van der Waals surface area contributed by atoms with Gasteiger partial charge in [-0.3, -0.25) is 4.79 Å². The van der Waals surface area contributed by atoms with Crippen LogP contribution in [0.4, 0.5) is 0 Å². The van der Waals surface area contributed by atoms with Gasteiger partial charge in [-0.25, -0.2) is 8.42 Å². The Hall–Kier alpha value is -0.850. The maximum Gasteiger partial charge on any atom is 0.266 e. The molecular formula is C12H17ClN2O3S. The van der Waals surface area contributed by atoms with Gasteiger partial charge in [0, 0.05) is 19.3 Å². The van der Waals surface area contributed by atoms with Crippen molar-refractivity contribution in [3.8, 4) is 0 Å². The van der Waals surface area contributed by atoms with Crippen LogP contribution in [-0.4, -0.2) is 30.8 Å². The van der Waals surface area contributed by atoms with Gasteiger partial charge in [-0.05, 0) is 18.9 Å². The minimum Gasteiger partial charge on any atom is -0.326 e. The van der Waals surface area contributed by atoms with Gasteiger partial charge in [0.15, 0.2) is 0 Å². The van der Waals surface area contributed by atoms with E-state index in [0.717, 1.165) is 25.7 Å². The minimum absolute atomic E-state index is 0.0534. The van der Waals surface area contributed by atoms with Gasteiger partial charge in [-0.2, -0.15) is 4.31 Å². The number of rotatable bonds is 2. The Bertz CT molecular complexity index is 589. The first-order valence-corrected chi connectivity index (χ1v) is 8.22. The molecule has 0 saturated carbocycles. The molecule has 1 fully saturated rings. The highest BCUT2D eigenvalue weighted by molar-refractivity contribution is 7.89.